The molecule has 0 aliphatic heterocycles. The molecule has 3 aromatic rings. The first kappa shape index (κ1) is 13.8. The van der Waals surface area contributed by atoms with Crippen molar-refractivity contribution in [2.24, 2.45) is 0 Å². The summed E-state index contributed by atoms with van der Waals surface area (Å²) in [5.74, 6) is 0.467. The molecule has 2 heterocycles. The number of fused-ring (bicyclic) bond motifs is 1. The van der Waals surface area contributed by atoms with Crippen molar-refractivity contribution in [1.29, 1.82) is 0 Å². The highest BCUT2D eigenvalue weighted by Gasteiger charge is 2.11. The largest absolute Gasteiger partial charge is 0.327 e. The molecule has 0 aliphatic carbocycles. The first-order valence-electron chi connectivity index (χ1n) is 7.51. The molecular formula is C18H21N3. The van der Waals surface area contributed by atoms with E-state index in [-0.39, 0.29) is 0 Å². The van der Waals surface area contributed by atoms with Crippen molar-refractivity contribution in [3.63, 3.8) is 0 Å². The molecule has 108 valence electrons. The van der Waals surface area contributed by atoms with Crippen LogP contribution in [0.15, 0.2) is 48.9 Å². The average molecular weight is 279 g/mol. The molecule has 3 heteroatoms. The van der Waals surface area contributed by atoms with Crippen LogP contribution in [0.25, 0.3) is 11.0 Å². The average Bonchev–Trinajstić information content (AvgIpc) is 2.91. The molecule has 0 bridgehead atoms. The molecule has 0 spiro atoms. The zero-order valence-electron chi connectivity index (χ0n) is 12.8. The summed E-state index contributed by atoms with van der Waals surface area (Å²) in [6.45, 7) is 6.60. The Hall–Kier alpha value is -2.16. The van der Waals surface area contributed by atoms with E-state index in [0.29, 0.717) is 12.0 Å². The van der Waals surface area contributed by atoms with Gasteiger partial charge < -0.3 is 4.57 Å². The minimum Gasteiger partial charge on any atom is -0.327 e. The van der Waals surface area contributed by atoms with Gasteiger partial charge in [0.15, 0.2) is 0 Å². The van der Waals surface area contributed by atoms with Crippen molar-refractivity contribution < 1.29 is 0 Å². The monoisotopic (exact) mass is 279 g/mol. The van der Waals surface area contributed by atoms with Crippen LogP contribution >= 0.6 is 0 Å². The topological polar surface area (TPSA) is 30.7 Å². The van der Waals surface area contributed by atoms with Crippen LogP contribution in [0.4, 0.5) is 0 Å². The normalized spacial score (nSPS) is 13.0. The predicted molar refractivity (Wildman–Crippen MR) is 86.5 cm³/mol. The number of pyridine rings is 1. The molecule has 0 fully saturated rings. The van der Waals surface area contributed by atoms with Gasteiger partial charge in [0.1, 0.15) is 0 Å². The molecule has 1 aromatic carbocycles. The first-order valence-corrected chi connectivity index (χ1v) is 7.51. The molecule has 3 rings (SSSR count). The Kier molecular flexibility index (Phi) is 3.74. The third-order valence-corrected chi connectivity index (χ3v) is 3.92. The van der Waals surface area contributed by atoms with Gasteiger partial charge in [-0.1, -0.05) is 26.0 Å². The van der Waals surface area contributed by atoms with Crippen molar-refractivity contribution in [3.05, 3.63) is 60.2 Å². The van der Waals surface area contributed by atoms with Gasteiger partial charge in [-0.25, -0.2) is 4.98 Å². The second-order valence-electron chi connectivity index (χ2n) is 5.94. The third kappa shape index (κ3) is 2.82. The van der Waals surface area contributed by atoms with E-state index >= 15 is 0 Å². The van der Waals surface area contributed by atoms with Crippen LogP contribution in [0.2, 0.25) is 0 Å². The predicted octanol–water partition coefficient (Wildman–Crippen LogP) is 4.36. The number of rotatable bonds is 4. The van der Waals surface area contributed by atoms with Crippen LogP contribution < -0.4 is 0 Å². The summed E-state index contributed by atoms with van der Waals surface area (Å²) in [4.78, 5) is 8.92. The van der Waals surface area contributed by atoms with Crippen molar-refractivity contribution in [3.8, 4) is 0 Å². The van der Waals surface area contributed by atoms with Gasteiger partial charge in [-0.3, -0.25) is 4.98 Å². The van der Waals surface area contributed by atoms with E-state index in [0.717, 1.165) is 17.6 Å². The lowest BCUT2D eigenvalue weighted by atomic mass is 10.0. The van der Waals surface area contributed by atoms with Gasteiger partial charge in [0, 0.05) is 17.9 Å². The van der Waals surface area contributed by atoms with Crippen LogP contribution in [0, 0.1) is 0 Å². The zero-order chi connectivity index (χ0) is 14.8. The van der Waals surface area contributed by atoms with E-state index < -0.39 is 0 Å². The Morgan fingerprint density at radius 2 is 1.86 bits per heavy atom. The molecule has 1 unspecified atom stereocenters. The van der Waals surface area contributed by atoms with E-state index in [9.17, 15) is 0 Å². The maximum Gasteiger partial charge on any atom is 0.0960 e. The summed E-state index contributed by atoms with van der Waals surface area (Å²) < 4.78 is 2.25. The van der Waals surface area contributed by atoms with Gasteiger partial charge in [0.2, 0.25) is 0 Å². The molecule has 3 nitrogen and oxygen atoms in total. The van der Waals surface area contributed by atoms with E-state index in [1.54, 1.807) is 0 Å². The van der Waals surface area contributed by atoms with Crippen molar-refractivity contribution in [2.75, 3.05) is 0 Å². The minimum atomic E-state index is 0.375. The molecule has 0 amide bonds. The molecule has 0 saturated carbocycles. The number of para-hydroxylation sites is 2. The first-order chi connectivity index (χ1) is 10.1. The second-order valence-corrected chi connectivity index (χ2v) is 5.94. The lowest BCUT2D eigenvalue weighted by Gasteiger charge is -2.15. The lowest BCUT2D eigenvalue weighted by Crippen LogP contribution is -2.07. The fourth-order valence-electron chi connectivity index (χ4n) is 2.71. The zero-order valence-corrected chi connectivity index (χ0v) is 12.8. The molecule has 0 aliphatic rings. The Morgan fingerprint density at radius 3 is 2.67 bits per heavy atom. The maximum atomic E-state index is 4.48. The lowest BCUT2D eigenvalue weighted by molar-refractivity contribution is 0.558. The second kappa shape index (κ2) is 5.68. The number of hydrogen-bond donors (Lipinski definition) is 0. The van der Waals surface area contributed by atoms with Crippen LogP contribution in [0.1, 0.15) is 44.0 Å². The minimum absolute atomic E-state index is 0.375. The Balaban J connectivity index is 1.86. The summed E-state index contributed by atoms with van der Waals surface area (Å²) in [5, 5.41) is 0. The number of nitrogens with zero attached hydrogens (tertiary/aromatic N) is 3. The van der Waals surface area contributed by atoms with Gasteiger partial charge >= 0.3 is 0 Å². The van der Waals surface area contributed by atoms with Crippen LogP contribution in [-0.4, -0.2) is 14.5 Å². The molecule has 21 heavy (non-hydrogen) atoms. The molecule has 0 saturated heterocycles. The Morgan fingerprint density at radius 1 is 1.05 bits per heavy atom. The van der Waals surface area contributed by atoms with E-state index in [4.69, 9.17) is 0 Å². The highest BCUT2D eigenvalue weighted by molar-refractivity contribution is 5.75. The fraction of sp³-hybridized carbons (Fsp3) is 0.333. The Bertz CT molecular complexity index is 743. The Labute approximate surface area is 125 Å². The van der Waals surface area contributed by atoms with Gasteiger partial charge in [-0.05, 0) is 49.1 Å². The van der Waals surface area contributed by atoms with Gasteiger partial charge in [0.05, 0.1) is 17.4 Å². The van der Waals surface area contributed by atoms with Gasteiger partial charge in [-0.2, -0.15) is 0 Å². The third-order valence-electron chi connectivity index (χ3n) is 3.92. The molecule has 1 atom stereocenters. The highest BCUT2D eigenvalue weighted by Crippen LogP contribution is 2.21. The summed E-state index contributed by atoms with van der Waals surface area (Å²) >= 11 is 0. The number of hydrogen-bond acceptors (Lipinski definition) is 2. The quantitative estimate of drug-likeness (QED) is 0.710. The number of imidazole rings is 1. The van der Waals surface area contributed by atoms with Gasteiger partial charge in [-0.15, -0.1) is 0 Å². The maximum absolute atomic E-state index is 4.48. The summed E-state index contributed by atoms with van der Waals surface area (Å²) in [6.07, 6.45) is 4.85. The van der Waals surface area contributed by atoms with E-state index in [1.807, 2.05) is 18.6 Å². The summed E-state index contributed by atoms with van der Waals surface area (Å²) in [7, 11) is 0. The smallest absolute Gasteiger partial charge is 0.0960 e. The van der Waals surface area contributed by atoms with Crippen molar-refractivity contribution in [2.45, 2.75) is 39.2 Å². The van der Waals surface area contributed by atoms with Crippen LogP contribution in [-0.2, 0) is 6.42 Å². The SMILES string of the molecule is CC(C)c1cc(CC(C)n2cnc3ccccc32)ccn1. The van der Waals surface area contributed by atoms with E-state index in [1.165, 1.54) is 11.1 Å². The standard InChI is InChI=1S/C18H21N3/c1-13(2)17-11-15(8-9-19-17)10-14(3)21-12-20-16-6-4-5-7-18(16)21/h4-9,11-14H,10H2,1-3H3. The van der Waals surface area contributed by atoms with Crippen LogP contribution in [0.3, 0.4) is 0 Å². The van der Waals surface area contributed by atoms with Gasteiger partial charge in [0.25, 0.3) is 0 Å². The summed E-state index contributed by atoms with van der Waals surface area (Å²) in [6, 6.07) is 13.0. The fourth-order valence-corrected chi connectivity index (χ4v) is 2.71. The summed E-state index contributed by atoms with van der Waals surface area (Å²) in [5.41, 5.74) is 4.75. The molecule has 0 radical (unpaired) electrons. The number of aromatic nitrogens is 3. The highest BCUT2D eigenvalue weighted by atomic mass is 15.1. The van der Waals surface area contributed by atoms with Crippen LogP contribution in [0.5, 0.6) is 0 Å². The molecule has 0 N–H and O–H groups in total. The van der Waals surface area contributed by atoms with Crippen molar-refractivity contribution in [1.82, 2.24) is 14.5 Å². The molecule has 2 aromatic heterocycles. The van der Waals surface area contributed by atoms with E-state index in [2.05, 4.69) is 65.6 Å². The van der Waals surface area contributed by atoms with Crippen molar-refractivity contribution >= 4 is 11.0 Å². The number of benzene rings is 1. The molecular weight excluding hydrogens is 258 g/mol.